The molecule has 28 heavy (non-hydrogen) atoms. The molecule has 5 nitrogen and oxygen atoms in total. The lowest BCUT2D eigenvalue weighted by Gasteiger charge is -2.15. The SMILES string of the molecule is CN=C(NCc1ccc(F)c(CO)c1)NCc1cc(C)ccc1OC(F)F.I. The third kappa shape index (κ3) is 7.19. The first-order chi connectivity index (χ1) is 12.9. The van der Waals surface area contributed by atoms with Gasteiger partial charge >= 0.3 is 6.61 Å². The molecule has 0 aromatic heterocycles. The van der Waals surface area contributed by atoms with Crippen LogP contribution in [0.2, 0.25) is 0 Å². The van der Waals surface area contributed by atoms with Crippen LogP contribution >= 0.6 is 24.0 Å². The maximum atomic E-state index is 13.4. The molecular weight excluding hydrogens is 486 g/mol. The van der Waals surface area contributed by atoms with E-state index in [1.54, 1.807) is 31.3 Å². The number of ether oxygens (including phenoxy) is 1. The third-order valence-electron chi connectivity index (χ3n) is 3.84. The van der Waals surface area contributed by atoms with Crippen LogP contribution in [0, 0.1) is 12.7 Å². The molecule has 0 spiro atoms. The summed E-state index contributed by atoms with van der Waals surface area (Å²) in [4.78, 5) is 4.07. The van der Waals surface area contributed by atoms with Crippen molar-refractivity contribution in [2.75, 3.05) is 7.05 Å². The average Bonchev–Trinajstić information content (AvgIpc) is 2.64. The van der Waals surface area contributed by atoms with Gasteiger partial charge in [-0.1, -0.05) is 23.8 Å². The zero-order chi connectivity index (χ0) is 19.8. The first kappa shape index (κ1) is 24.0. The maximum absolute atomic E-state index is 13.4. The fourth-order valence-electron chi connectivity index (χ4n) is 2.50. The molecule has 3 N–H and O–H groups in total. The minimum Gasteiger partial charge on any atom is -0.434 e. The lowest BCUT2D eigenvalue weighted by atomic mass is 10.1. The summed E-state index contributed by atoms with van der Waals surface area (Å²) in [6.07, 6.45) is 0. The largest absolute Gasteiger partial charge is 0.434 e. The number of benzene rings is 2. The molecule has 0 saturated heterocycles. The molecule has 154 valence electrons. The Kier molecular flexibility index (Phi) is 10.1. The molecule has 0 radical (unpaired) electrons. The Hall–Kier alpha value is -2.01. The number of aryl methyl sites for hydroxylation is 1. The van der Waals surface area contributed by atoms with Gasteiger partial charge in [0.2, 0.25) is 0 Å². The van der Waals surface area contributed by atoms with Gasteiger partial charge < -0.3 is 20.5 Å². The van der Waals surface area contributed by atoms with Crippen LogP contribution in [0.5, 0.6) is 5.75 Å². The highest BCUT2D eigenvalue weighted by Gasteiger charge is 2.11. The van der Waals surface area contributed by atoms with Gasteiger partial charge in [-0.25, -0.2) is 4.39 Å². The number of aliphatic hydroxyl groups excluding tert-OH is 1. The van der Waals surface area contributed by atoms with E-state index in [4.69, 9.17) is 5.11 Å². The maximum Gasteiger partial charge on any atom is 0.387 e. The number of alkyl halides is 2. The summed E-state index contributed by atoms with van der Waals surface area (Å²) in [6, 6.07) is 9.41. The molecule has 2 aromatic rings. The lowest BCUT2D eigenvalue weighted by Crippen LogP contribution is -2.36. The highest BCUT2D eigenvalue weighted by molar-refractivity contribution is 14.0. The second kappa shape index (κ2) is 11.7. The molecule has 0 aliphatic heterocycles. The van der Waals surface area contributed by atoms with Crippen molar-refractivity contribution in [1.29, 1.82) is 0 Å². The quantitative estimate of drug-likeness (QED) is 0.303. The predicted molar refractivity (Wildman–Crippen MR) is 113 cm³/mol. The average molecular weight is 509 g/mol. The van der Waals surface area contributed by atoms with Crippen LogP contribution in [-0.2, 0) is 19.7 Å². The highest BCUT2D eigenvalue weighted by Crippen LogP contribution is 2.22. The van der Waals surface area contributed by atoms with Crippen molar-refractivity contribution in [3.05, 3.63) is 64.5 Å². The Morgan fingerprint density at radius 1 is 1.11 bits per heavy atom. The van der Waals surface area contributed by atoms with Gasteiger partial charge in [0, 0.05) is 31.3 Å². The van der Waals surface area contributed by atoms with Crippen LogP contribution in [-0.4, -0.2) is 24.7 Å². The Labute approximate surface area is 179 Å². The Morgan fingerprint density at radius 2 is 1.82 bits per heavy atom. The smallest absolute Gasteiger partial charge is 0.387 e. The van der Waals surface area contributed by atoms with E-state index in [9.17, 15) is 13.2 Å². The van der Waals surface area contributed by atoms with Crippen LogP contribution in [0.1, 0.15) is 22.3 Å². The van der Waals surface area contributed by atoms with Crippen LogP contribution < -0.4 is 15.4 Å². The number of nitrogens with zero attached hydrogens (tertiary/aromatic N) is 1. The van der Waals surface area contributed by atoms with Gasteiger partial charge in [-0.05, 0) is 30.7 Å². The van der Waals surface area contributed by atoms with Crippen LogP contribution in [0.3, 0.4) is 0 Å². The van der Waals surface area contributed by atoms with Crippen molar-refractivity contribution in [1.82, 2.24) is 10.6 Å². The van der Waals surface area contributed by atoms with Crippen molar-refractivity contribution in [3.8, 4) is 5.75 Å². The zero-order valence-electron chi connectivity index (χ0n) is 15.5. The van der Waals surface area contributed by atoms with Gasteiger partial charge in [-0.2, -0.15) is 8.78 Å². The number of halogens is 4. The monoisotopic (exact) mass is 509 g/mol. The highest BCUT2D eigenvalue weighted by atomic mass is 127. The second-order valence-electron chi connectivity index (χ2n) is 5.85. The molecular formula is C19H23F3IN3O2. The van der Waals surface area contributed by atoms with E-state index in [0.29, 0.717) is 18.1 Å². The Bertz CT molecular complexity index is 804. The van der Waals surface area contributed by atoms with Gasteiger partial charge in [0.15, 0.2) is 5.96 Å². The van der Waals surface area contributed by atoms with Crippen molar-refractivity contribution >= 4 is 29.9 Å². The first-order valence-corrected chi connectivity index (χ1v) is 8.30. The molecule has 2 aromatic carbocycles. The van der Waals surface area contributed by atoms with E-state index in [1.807, 2.05) is 6.92 Å². The normalized spacial score (nSPS) is 11.2. The van der Waals surface area contributed by atoms with E-state index >= 15 is 0 Å². The molecule has 0 fully saturated rings. The van der Waals surface area contributed by atoms with Gasteiger partial charge in [0.25, 0.3) is 0 Å². The second-order valence-corrected chi connectivity index (χ2v) is 5.85. The molecule has 0 atom stereocenters. The van der Waals surface area contributed by atoms with E-state index in [2.05, 4.69) is 20.4 Å². The van der Waals surface area contributed by atoms with Gasteiger partial charge in [-0.3, -0.25) is 4.99 Å². The summed E-state index contributed by atoms with van der Waals surface area (Å²) >= 11 is 0. The Morgan fingerprint density at radius 3 is 2.46 bits per heavy atom. The van der Waals surface area contributed by atoms with Gasteiger partial charge in [-0.15, -0.1) is 24.0 Å². The fourth-order valence-corrected chi connectivity index (χ4v) is 2.50. The van der Waals surface area contributed by atoms with Crippen molar-refractivity contribution in [3.63, 3.8) is 0 Å². The molecule has 0 aliphatic rings. The molecule has 0 amide bonds. The number of aliphatic hydroxyl groups is 1. The van der Waals surface area contributed by atoms with E-state index in [-0.39, 0.29) is 48.4 Å². The lowest BCUT2D eigenvalue weighted by molar-refractivity contribution is -0.0504. The number of rotatable bonds is 7. The van der Waals surface area contributed by atoms with Crippen molar-refractivity contribution < 1.29 is 23.0 Å². The molecule has 0 aliphatic carbocycles. The molecule has 9 heteroatoms. The Balaban J connectivity index is 0.00000392. The zero-order valence-corrected chi connectivity index (χ0v) is 17.8. The molecule has 0 unspecified atom stereocenters. The number of aliphatic imine (C=N–C) groups is 1. The third-order valence-corrected chi connectivity index (χ3v) is 3.84. The number of hydrogen-bond donors (Lipinski definition) is 3. The van der Waals surface area contributed by atoms with Gasteiger partial charge in [0.05, 0.1) is 6.61 Å². The van der Waals surface area contributed by atoms with E-state index in [0.717, 1.165) is 11.1 Å². The number of nitrogens with one attached hydrogen (secondary N) is 2. The predicted octanol–water partition coefficient (Wildman–Crippen LogP) is 3.71. The number of guanidine groups is 1. The number of hydrogen-bond acceptors (Lipinski definition) is 3. The van der Waals surface area contributed by atoms with Crippen molar-refractivity contribution in [2.45, 2.75) is 33.2 Å². The summed E-state index contributed by atoms with van der Waals surface area (Å²) < 4.78 is 43.0. The standard InChI is InChI=1S/C19H22F3N3O2.HI/c1-12-3-6-17(27-18(21)22)14(7-12)10-25-19(23-2)24-9-13-4-5-16(20)15(8-13)11-26;/h3-8,18,26H,9-11H2,1-2H3,(H2,23,24,25);1H. The minimum absolute atomic E-state index is 0. The van der Waals surface area contributed by atoms with Crippen LogP contribution in [0.15, 0.2) is 41.4 Å². The minimum atomic E-state index is -2.90. The molecule has 0 heterocycles. The van der Waals surface area contributed by atoms with E-state index in [1.165, 1.54) is 12.1 Å². The van der Waals surface area contributed by atoms with Crippen LogP contribution in [0.25, 0.3) is 0 Å². The fraction of sp³-hybridized carbons (Fsp3) is 0.316. The topological polar surface area (TPSA) is 65.9 Å². The molecule has 0 bridgehead atoms. The summed E-state index contributed by atoms with van der Waals surface area (Å²) in [7, 11) is 1.58. The molecule has 2 rings (SSSR count). The summed E-state index contributed by atoms with van der Waals surface area (Å²) in [5.74, 6) is 0.0776. The summed E-state index contributed by atoms with van der Waals surface area (Å²) in [5.41, 5.74) is 2.47. The van der Waals surface area contributed by atoms with E-state index < -0.39 is 12.4 Å². The first-order valence-electron chi connectivity index (χ1n) is 8.30. The van der Waals surface area contributed by atoms with Crippen molar-refractivity contribution in [2.24, 2.45) is 4.99 Å². The van der Waals surface area contributed by atoms with Crippen LogP contribution in [0.4, 0.5) is 13.2 Å². The van der Waals surface area contributed by atoms with Gasteiger partial charge in [0.1, 0.15) is 11.6 Å². The molecule has 0 saturated carbocycles. The summed E-state index contributed by atoms with van der Waals surface area (Å²) in [6.45, 7) is -0.846. The summed E-state index contributed by atoms with van der Waals surface area (Å²) in [5, 5.41) is 15.2.